The number of nitrogens with zero attached hydrogens (tertiary/aromatic N) is 1. The van der Waals surface area contributed by atoms with Gasteiger partial charge in [0.15, 0.2) is 18.1 Å². The summed E-state index contributed by atoms with van der Waals surface area (Å²) >= 11 is 9.42. The van der Waals surface area contributed by atoms with Crippen LogP contribution < -0.4 is 19.6 Å². The van der Waals surface area contributed by atoms with E-state index in [1.807, 2.05) is 0 Å². The molecule has 9 heteroatoms. The van der Waals surface area contributed by atoms with E-state index in [-0.39, 0.29) is 22.9 Å². The lowest BCUT2D eigenvalue weighted by molar-refractivity contribution is -0.123. The Bertz CT molecular complexity index is 1150. The second-order valence-corrected chi connectivity index (χ2v) is 7.61. The molecule has 0 aliphatic carbocycles. The molecule has 7 nitrogen and oxygen atoms in total. The standard InChI is InChI=1S/C23H18BrClN2O5/c1-30-20-8-4-5-9-21(20)31-14-22(28)27-26-13-15-12-16(24)10-11-19(15)32-23(29)17-6-2-3-7-18(17)25/h2-13H,14H2,1H3,(H,27,28)/b26-13+. The van der Waals surface area contributed by atoms with Crippen molar-refractivity contribution in [3.8, 4) is 17.2 Å². The number of benzene rings is 3. The minimum Gasteiger partial charge on any atom is -0.493 e. The molecule has 0 fully saturated rings. The van der Waals surface area contributed by atoms with E-state index in [1.165, 1.54) is 13.3 Å². The first-order valence-electron chi connectivity index (χ1n) is 9.32. The number of para-hydroxylation sites is 2. The van der Waals surface area contributed by atoms with Crippen LogP contribution in [0.2, 0.25) is 5.02 Å². The van der Waals surface area contributed by atoms with Crippen LogP contribution in [0.5, 0.6) is 17.2 Å². The average Bonchev–Trinajstić information content (AvgIpc) is 2.79. The number of hydrogen-bond donors (Lipinski definition) is 1. The summed E-state index contributed by atoms with van der Waals surface area (Å²) in [4.78, 5) is 24.5. The Morgan fingerprint density at radius 3 is 2.50 bits per heavy atom. The van der Waals surface area contributed by atoms with E-state index in [2.05, 4.69) is 26.5 Å². The molecule has 0 spiro atoms. The van der Waals surface area contributed by atoms with Crippen molar-refractivity contribution in [2.24, 2.45) is 5.10 Å². The largest absolute Gasteiger partial charge is 0.493 e. The van der Waals surface area contributed by atoms with E-state index in [4.69, 9.17) is 25.8 Å². The van der Waals surface area contributed by atoms with Crippen molar-refractivity contribution >= 4 is 45.6 Å². The highest BCUT2D eigenvalue weighted by Gasteiger charge is 2.14. The topological polar surface area (TPSA) is 86.2 Å². The molecule has 0 saturated carbocycles. The molecule has 32 heavy (non-hydrogen) atoms. The predicted octanol–water partition coefficient (Wildman–Crippen LogP) is 4.86. The van der Waals surface area contributed by atoms with Crippen LogP contribution in [-0.4, -0.2) is 31.8 Å². The molecule has 1 amide bonds. The molecule has 3 aromatic carbocycles. The van der Waals surface area contributed by atoms with Crippen LogP contribution in [0.4, 0.5) is 0 Å². The molecule has 1 N–H and O–H groups in total. The van der Waals surface area contributed by atoms with Crippen LogP contribution in [-0.2, 0) is 4.79 Å². The summed E-state index contributed by atoms with van der Waals surface area (Å²) in [6, 6.07) is 18.6. The third kappa shape index (κ3) is 6.32. The van der Waals surface area contributed by atoms with Crippen LogP contribution in [0, 0.1) is 0 Å². The van der Waals surface area contributed by atoms with Gasteiger partial charge in [0.25, 0.3) is 5.91 Å². The molecular formula is C23H18BrClN2O5. The first-order chi connectivity index (χ1) is 15.5. The lowest BCUT2D eigenvalue weighted by Crippen LogP contribution is -2.24. The number of amides is 1. The highest BCUT2D eigenvalue weighted by Crippen LogP contribution is 2.26. The first-order valence-corrected chi connectivity index (χ1v) is 10.5. The summed E-state index contributed by atoms with van der Waals surface area (Å²) in [6.07, 6.45) is 1.36. The zero-order valence-corrected chi connectivity index (χ0v) is 19.2. The van der Waals surface area contributed by atoms with E-state index in [0.717, 1.165) is 4.47 Å². The molecular weight excluding hydrogens is 500 g/mol. The first kappa shape index (κ1) is 23.3. The summed E-state index contributed by atoms with van der Waals surface area (Å²) in [6.45, 7) is -0.259. The maximum absolute atomic E-state index is 12.5. The Labute approximate surface area is 198 Å². The van der Waals surface area contributed by atoms with Gasteiger partial charge in [-0.15, -0.1) is 0 Å². The third-order valence-corrected chi connectivity index (χ3v) is 4.91. The van der Waals surface area contributed by atoms with E-state index in [9.17, 15) is 9.59 Å². The second kappa shape index (κ2) is 11.3. The smallest absolute Gasteiger partial charge is 0.345 e. The predicted molar refractivity (Wildman–Crippen MR) is 125 cm³/mol. The lowest BCUT2D eigenvalue weighted by Gasteiger charge is -2.10. The van der Waals surface area contributed by atoms with Gasteiger partial charge in [-0.25, -0.2) is 10.2 Å². The van der Waals surface area contributed by atoms with Gasteiger partial charge < -0.3 is 14.2 Å². The van der Waals surface area contributed by atoms with Crippen LogP contribution in [0.1, 0.15) is 15.9 Å². The minimum atomic E-state index is -0.609. The highest BCUT2D eigenvalue weighted by molar-refractivity contribution is 9.10. The van der Waals surface area contributed by atoms with E-state index in [1.54, 1.807) is 66.7 Å². The number of hydrogen-bond acceptors (Lipinski definition) is 6. The molecule has 0 saturated heterocycles. The molecule has 0 unspecified atom stereocenters. The van der Waals surface area contributed by atoms with E-state index in [0.29, 0.717) is 17.1 Å². The molecule has 0 heterocycles. The Balaban J connectivity index is 1.64. The Kier molecular flexibility index (Phi) is 8.24. The molecule has 0 radical (unpaired) electrons. The van der Waals surface area contributed by atoms with Gasteiger partial charge in [0.05, 0.1) is 23.9 Å². The van der Waals surface area contributed by atoms with Crippen molar-refractivity contribution in [3.63, 3.8) is 0 Å². The normalized spacial score (nSPS) is 10.6. The van der Waals surface area contributed by atoms with Gasteiger partial charge in [-0.05, 0) is 42.5 Å². The van der Waals surface area contributed by atoms with Crippen LogP contribution >= 0.6 is 27.5 Å². The number of halogens is 2. The molecule has 0 bridgehead atoms. The molecule has 3 rings (SSSR count). The average molecular weight is 518 g/mol. The van der Waals surface area contributed by atoms with Gasteiger partial charge in [0, 0.05) is 10.0 Å². The van der Waals surface area contributed by atoms with Gasteiger partial charge >= 0.3 is 5.97 Å². The molecule has 0 aliphatic rings. The summed E-state index contributed by atoms with van der Waals surface area (Å²) < 4.78 is 16.8. The molecule has 0 aromatic heterocycles. The third-order valence-electron chi connectivity index (χ3n) is 4.09. The summed E-state index contributed by atoms with van der Waals surface area (Å²) in [5, 5.41) is 4.21. The molecule has 0 atom stereocenters. The fraction of sp³-hybridized carbons (Fsp3) is 0.0870. The zero-order valence-electron chi connectivity index (χ0n) is 16.9. The van der Waals surface area contributed by atoms with Crippen molar-refractivity contribution in [3.05, 3.63) is 87.4 Å². The second-order valence-electron chi connectivity index (χ2n) is 6.28. The van der Waals surface area contributed by atoms with Crippen LogP contribution in [0.15, 0.2) is 76.3 Å². The highest BCUT2D eigenvalue weighted by atomic mass is 79.9. The lowest BCUT2D eigenvalue weighted by atomic mass is 10.2. The van der Waals surface area contributed by atoms with Crippen molar-refractivity contribution < 1.29 is 23.8 Å². The van der Waals surface area contributed by atoms with Gasteiger partial charge in [-0.2, -0.15) is 5.10 Å². The molecule has 3 aromatic rings. The van der Waals surface area contributed by atoms with Crippen LogP contribution in [0.3, 0.4) is 0 Å². The number of nitrogens with one attached hydrogen (secondary N) is 1. The number of esters is 1. The van der Waals surface area contributed by atoms with Crippen molar-refractivity contribution in [2.75, 3.05) is 13.7 Å². The van der Waals surface area contributed by atoms with Crippen molar-refractivity contribution in [2.45, 2.75) is 0 Å². The summed E-state index contributed by atoms with van der Waals surface area (Å²) in [7, 11) is 1.51. The van der Waals surface area contributed by atoms with Gasteiger partial charge in [0.1, 0.15) is 5.75 Å². The van der Waals surface area contributed by atoms with Gasteiger partial charge in [-0.3, -0.25) is 4.79 Å². The van der Waals surface area contributed by atoms with Gasteiger partial charge in [0.2, 0.25) is 0 Å². The number of hydrazone groups is 1. The number of methoxy groups -OCH3 is 1. The van der Waals surface area contributed by atoms with E-state index < -0.39 is 11.9 Å². The maximum atomic E-state index is 12.5. The Morgan fingerprint density at radius 1 is 1.03 bits per heavy atom. The Hall–Kier alpha value is -3.36. The van der Waals surface area contributed by atoms with Crippen molar-refractivity contribution in [1.29, 1.82) is 0 Å². The van der Waals surface area contributed by atoms with Gasteiger partial charge in [-0.1, -0.05) is 51.8 Å². The van der Waals surface area contributed by atoms with Crippen molar-refractivity contribution in [1.82, 2.24) is 5.43 Å². The summed E-state index contributed by atoms with van der Waals surface area (Å²) in [5.41, 5.74) is 3.07. The fourth-order valence-electron chi connectivity index (χ4n) is 2.58. The number of carbonyl (C=O) groups excluding carboxylic acids is 2. The van der Waals surface area contributed by atoms with Crippen LogP contribution in [0.25, 0.3) is 0 Å². The SMILES string of the molecule is COc1ccccc1OCC(=O)N/N=C/c1cc(Br)ccc1OC(=O)c1ccccc1Cl. The molecule has 164 valence electrons. The fourth-order valence-corrected chi connectivity index (χ4v) is 3.17. The number of rotatable bonds is 8. The number of carbonyl (C=O) groups is 2. The zero-order chi connectivity index (χ0) is 22.9. The number of ether oxygens (including phenoxy) is 3. The quantitative estimate of drug-likeness (QED) is 0.200. The Morgan fingerprint density at radius 2 is 1.75 bits per heavy atom. The molecule has 0 aliphatic heterocycles. The maximum Gasteiger partial charge on any atom is 0.345 e. The van der Waals surface area contributed by atoms with E-state index >= 15 is 0 Å². The minimum absolute atomic E-state index is 0.238. The monoisotopic (exact) mass is 516 g/mol. The summed E-state index contributed by atoms with van der Waals surface area (Å²) in [5.74, 6) is 0.123.